The summed E-state index contributed by atoms with van der Waals surface area (Å²) in [6.45, 7) is 4.11. The van der Waals surface area contributed by atoms with Crippen LogP contribution in [0.2, 0.25) is 0 Å². The molecule has 0 saturated carbocycles. The normalized spacial score (nSPS) is 11.0. The van der Waals surface area contributed by atoms with Crippen LogP contribution < -0.4 is 14.8 Å². The Morgan fingerprint density at radius 2 is 1.83 bits per heavy atom. The van der Waals surface area contributed by atoms with Crippen molar-refractivity contribution in [3.8, 4) is 5.75 Å². The smallest absolute Gasteiger partial charge is 0.255 e. The SMILES string of the molecule is CCOc1ccccc1NC(=O)c1ccc(C)c(NS(C)(=O)=O)c1. The number of rotatable bonds is 6. The molecule has 0 saturated heterocycles. The first kappa shape index (κ1) is 17.8. The van der Waals surface area contributed by atoms with Crippen molar-refractivity contribution in [2.45, 2.75) is 13.8 Å². The molecule has 1 amide bonds. The first-order chi connectivity index (χ1) is 11.3. The maximum absolute atomic E-state index is 12.5. The van der Waals surface area contributed by atoms with E-state index in [1.54, 1.807) is 37.3 Å². The molecule has 0 atom stereocenters. The van der Waals surface area contributed by atoms with Crippen molar-refractivity contribution < 1.29 is 17.9 Å². The minimum Gasteiger partial charge on any atom is -0.492 e. The Kier molecular flexibility index (Phi) is 5.46. The molecule has 128 valence electrons. The van der Waals surface area contributed by atoms with Gasteiger partial charge in [0.1, 0.15) is 5.75 Å². The maximum Gasteiger partial charge on any atom is 0.255 e. The van der Waals surface area contributed by atoms with Gasteiger partial charge in [-0.15, -0.1) is 0 Å². The molecule has 2 rings (SSSR count). The average Bonchev–Trinajstić information content (AvgIpc) is 2.50. The number of ether oxygens (including phenoxy) is 1. The summed E-state index contributed by atoms with van der Waals surface area (Å²) in [5.74, 6) is 0.230. The third kappa shape index (κ3) is 4.73. The number of carbonyl (C=O) groups is 1. The molecule has 0 radical (unpaired) electrons. The summed E-state index contributed by atoms with van der Waals surface area (Å²) in [4.78, 5) is 12.5. The molecule has 6 nitrogen and oxygen atoms in total. The van der Waals surface area contributed by atoms with Crippen LogP contribution in [0.4, 0.5) is 11.4 Å². The van der Waals surface area contributed by atoms with Gasteiger partial charge in [0.05, 0.1) is 24.2 Å². The molecule has 0 spiro atoms. The number of sulfonamides is 1. The second-order valence-electron chi connectivity index (χ2n) is 5.29. The summed E-state index contributed by atoms with van der Waals surface area (Å²) >= 11 is 0. The summed E-state index contributed by atoms with van der Waals surface area (Å²) in [7, 11) is -3.42. The second kappa shape index (κ2) is 7.35. The van der Waals surface area contributed by atoms with Crippen LogP contribution in [-0.2, 0) is 10.0 Å². The number of benzene rings is 2. The van der Waals surface area contributed by atoms with E-state index in [0.717, 1.165) is 11.8 Å². The monoisotopic (exact) mass is 348 g/mol. The van der Waals surface area contributed by atoms with Crippen LogP contribution in [-0.4, -0.2) is 27.2 Å². The van der Waals surface area contributed by atoms with Gasteiger partial charge in [-0.1, -0.05) is 18.2 Å². The van der Waals surface area contributed by atoms with Crippen molar-refractivity contribution in [3.05, 3.63) is 53.6 Å². The third-order valence-corrected chi connectivity index (χ3v) is 3.82. The van der Waals surface area contributed by atoms with Crippen LogP contribution in [0.15, 0.2) is 42.5 Å². The first-order valence-corrected chi connectivity index (χ1v) is 9.31. The van der Waals surface area contributed by atoms with Crippen molar-refractivity contribution in [3.63, 3.8) is 0 Å². The van der Waals surface area contributed by atoms with Crippen molar-refractivity contribution in [1.29, 1.82) is 0 Å². The van der Waals surface area contributed by atoms with Gasteiger partial charge in [-0.05, 0) is 43.7 Å². The molecule has 0 heterocycles. The molecule has 0 aromatic heterocycles. The van der Waals surface area contributed by atoms with Gasteiger partial charge < -0.3 is 10.1 Å². The van der Waals surface area contributed by atoms with Crippen LogP contribution in [0.1, 0.15) is 22.8 Å². The van der Waals surface area contributed by atoms with E-state index in [9.17, 15) is 13.2 Å². The summed E-state index contributed by atoms with van der Waals surface area (Å²) in [5.41, 5.74) is 2.01. The van der Waals surface area contributed by atoms with E-state index < -0.39 is 10.0 Å². The topological polar surface area (TPSA) is 84.5 Å². The van der Waals surface area contributed by atoms with Gasteiger partial charge in [-0.3, -0.25) is 9.52 Å². The molecule has 0 aliphatic carbocycles. The molecular weight excluding hydrogens is 328 g/mol. The number of hydrogen-bond acceptors (Lipinski definition) is 4. The van der Waals surface area contributed by atoms with Gasteiger partial charge in [0.2, 0.25) is 10.0 Å². The van der Waals surface area contributed by atoms with Crippen molar-refractivity contribution in [2.75, 3.05) is 22.9 Å². The van der Waals surface area contributed by atoms with Crippen LogP contribution in [0.3, 0.4) is 0 Å². The van der Waals surface area contributed by atoms with Crippen LogP contribution in [0.25, 0.3) is 0 Å². The lowest BCUT2D eigenvalue weighted by Crippen LogP contribution is -2.15. The summed E-state index contributed by atoms with van der Waals surface area (Å²) in [5, 5.41) is 2.78. The summed E-state index contributed by atoms with van der Waals surface area (Å²) in [6, 6.07) is 12.0. The van der Waals surface area contributed by atoms with E-state index in [0.29, 0.717) is 29.3 Å². The fourth-order valence-electron chi connectivity index (χ4n) is 2.12. The standard InChI is InChI=1S/C17H20N2O4S/c1-4-23-16-8-6-5-7-14(16)18-17(20)13-10-9-12(2)15(11-13)19-24(3,21)22/h5-11,19H,4H2,1-3H3,(H,18,20). The van der Waals surface area contributed by atoms with Gasteiger partial charge in [0.25, 0.3) is 5.91 Å². The van der Waals surface area contributed by atoms with Crippen molar-refractivity contribution in [1.82, 2.24) is 0 Å². The van der Waals surface area contributed by atoms with Gasteiger partial charge >= 0.3 is 0 Å². The summed E-state index contributed by atoms with van der Waals surface area (Å²) < 4.78 is 30.7. The van der Waals surface area contributed by atoms with Crippen molar-refractivity contribution in [2.24, 2.45) is 0 Å². The quantitative estimate of drug-likeness (QED) is 0.840. The number of para-hydroxylation sites is 2. The number of aryl methyl sites for hydroxylation is 1. The molecule has 2 N–H and O–H groups in total. The molecule has 0 unspecified atom stereocenters. The molecule has 2 aromatic carbocycles. The van der Waals surface area contributed by atoms with Crippen LogP contribution >= 0.6 is 0 Å². The number of anilines is 2. The molecular formula is C17H20N2O4S. The molecule has 0 aliphatic rings. The number of carbonyl (C=O) groups excluding carboxylic acids is 1. The zero-order chi connectivity index (χ0) is 17.7. The molecule has 0 aliphatic heterocycles. The molecule has 0 bridgehead atoms. The predicted molar refractivity (Wildman–Crippen MR) is 95.2 cm³/mol. The lowest BCUT2D eigenvalue weighted by atomic mass is 10.1. The Hall–Kier alpha value is -2.54. The van der Waals surface area contributed by atoms with E-state index in [-0.39, 0.29) is 5.91 Å². The fraction of sp³-hybridized carbons (Fsp3) is 0.235. The van der Waals surface area contributed by atoms with Crippen LogP contribution in [0, 0.1) is 6.92 Å². The minimum absolute atomic E-state index is 0.345. The zero-order valence-corrected chi connectivity index (χ0v) is 14.6. The predicted octanol–water partition coefficient (Wildman–Crippen LogP) is 3.02. The van der Waals surface area contributed by atoms with Crippen LogP contribution in [0.5, 0.6) is 5.75 Å². The number of amides is 1. The Morgan fingerprint density at radius 1 is 1.12 bits per heavy atom. The van der Waals surface area contributed by atoms with E-state index in [2.05, 4.69) is 10.0 Å². The second-order valence-corrected chi connectivity index (χ2v) is 7.04. The third-order valence-electron chi connectivity index (χ3n) is 3.23. The van der Waals surface area contributed by atoms with E-state index in [1.165, 1.54) is 6.07 Å². The Bertz CT molecular complexity index is 847. The van der Waals surface area contributed by atoms with E-state index in [1.807, 2.05) is 13.0 Å². The highest BCUT2D eigenvalue weighted by atomic mass is 32.2. The lowest BCUT2D eigenvalue weighted by molar-refractivity contribution is 0.102. The summed E-state index contributed by atoms with van der Waals surface area (Å²) in [6.07, 6.45) is 1.07. The highest BCUT2D eigenvalue weighted by Gasteiger charge is 2.12. The van der Waals surface area contributed by atoms with Gasteiger partial charge in [0.15, 0.2) is 0 Å². The van der Waals surface area contributed by atoms with Crippen molar-refractivity contribution >= 4 is 27.3 Å². The fourth-order valence-corrected chi connectivity index (χ4v) is 2.74. The number of hydrogen-bond donors (Lipinski definition) is 2. The number of nitrogens with one attached hydrogen (secondary N) is 2. The molecule has 24 heavy (non-hydrogen) atoms. The van der Waals surface area contributed by atoms with Gasteiger partial charge in [-0.25, -0.2) is 8.42 Å². The Morgan fingerprint density at radius 3 is 2.50 bits per heavy atom. The lowest BCUT2D eigenvalue weighted by Gasteiger charge is -2.13. The Balaban J connectivity index is 2.26. The molecule has 2 aromatic rings. The highest BCUT2D eigenvalue weighted by Crippen LogP contribution is 2.25. The maximum atomic E-state index is 12.5. The average molecular weight is 348 g/mol. The Labute approximate surface area is 141 Å². The van der Waals surface area contributed by atoms with E-state index in [4.69, 9.17) is 4.74 Å². The van der Waals surface area contributed by atoms with Gasteiger partial charge in [-0.2, -0.15) is 0 Å². The van der Waals surface area contributed by atoms with Gasteiger partial charge in [0, 0.05) is 5.56 Å². The largest absolute Gasteiger partial charge is 0.492 e. The first-order valence-electron chi connectivity index (χ1n) is 7.42. The molecule has 7 heteroatoms. The molecule has 0 fully saturated rings. The highest BCUT2D eigenvalue weighted by molar-refractivity contribution is 7.92. The van der Waals surface area contributed by atoms with E-state index >= 15 is 0 Å². The zero-order valence-electron chi connectivity index (χ0n) is 13.8. The minimum atomic E-state index is -3.42.